The van der Waals surface area contributed by atoms with Gasteiger partial charge in [0.25, 0.3) is 5.56 Å². The maximum absolute atomic E-state index is 13.7. The van der Waals surface area contributed by atoms with Crippen LogP contribution in [0.5, 0.6) is 5.75 Å². The summed E-state index contributed by atoms with van der Waals surface area (Å²) in [6.45, 7) is -0.216. The van der Waals surface area contributed by atoms with Crippen molar-refractivity contribution in [3.8, 4) is 5.75 Å². The molecule has 0 saturated carbocycles. The maximum Gasteiger partial charge on any atom is 0.261 e. The molecule has 0 spiro atoms. The Morgan fingerprint density at radius 1 is 1.18 bits per heavy atom. The lowest BCUT2D eigenvalue weighted by Gasteiger charge is -2.09. The Labute approximate surface area is 124 Å². The van der Waals surface area contributed by atoms with E-state index in [1.54, 1.807) is 18.2 Å². The Morgan fingerprint density at radius 2 is 1.91 bits per heavy atom. The van der Waals surface area contributed by atoms with Gasteiger partial charge in [-0.3, -0.25) is 9.36 Å². The van der Waals surface area contributed by atoms with Crippen LogP contribution < -0.4 is 10.3 Å². The summed E-state index contributed by atoms with van der Waals surface area (Å²) in [5, 5.41) is 0.361. The largest absolute Gasteiger partial charge is 0.497 e. The highest BCUT2D eigenvalue weighted by Crippen LogP contribution is 2.17. The van der Waals surface area contributed by atoms with Gasteiger partial charge in [0.1, 0.15) is 17.4 Å². The van der Waals surface area contributed by atoms with E-state index in [0.29, 0.717) is 16.7 Å². The van der Waals surface area contributed by atoms with Gasteiger partial charge >= 0.3 is 0 Å². The molecule has 2 aromatic carbocycles. The third kappa shape index (κ3) is 2.43. The lowest BCUT2D eigenvalue weighted by molar-refractivity contribution is 0.415. The van der Waals surface area contributed by atoms with Gasteiger partial charge in [-0.25, -0.2) is 13.8 Å². The van der Waals surface area contributed by atoms with Crippen LogP contribution in [0.2, 0.25) is 0 Å². The molecular weight excluding hydrogens is 290 g/mol. The highest BCUT2D eigenvalue weighted by atomic mass is 19.1. The van der Waals surface area contributed by atoms with Gasteiger partial charge in [-0.2, -0.15) is 0 Å². The van der Waals surface area contributed by atoms with Crippen LogP contribution in [0.1, 0.15) is 5.56 Å². The molecule has 112 valence electrons. The fourth-order valence-electron chi connectivity index (χ4n) is 2.23. The molecule has 0 amide bonds. The molecule has 0 N–H and O–H groups in total. The quantitative estimate of drug-likeness (QED) is 0.747. The summed E-state index contributed by atoms with van der Waals surface area (Å²) in [5.41, 5.74) is -0.0656. The van der Waals surface area contributed by atoms with Gasteiger partial charge in [0, 0.05) is 11.6 Å². The van der Waals surface area contributed by atoms with Crippen molar-refractivity contribution in [1.82, 2.24) is 9.55 Å². The molecule has 0 fully saturated rings. The number of benzene rings is 2. The van der Waals surface area contributed by atoms with Crippen molar-refractivity contribution in [2.75, 3.05) is 7.11 Å². The molecule has 0 radical (unpaired) electrons. The average molecular weight is 302 g/mol. The Hall–Kier alpha value is -2.76. The minimum absolute atomic E-state index is 0.167. The predicted molar refractivity (Wildman–Crippen MR) is 78.0 cm³/mol. The first-order chi connectivity index (χ1) is 10.6. The van der Waals surface area contributed by atoms with Gasteiger partial charge < -0.3 is 4.74 Å². The molecule has 0 saturated heterocycles. The number of methoxy groups -OCH3 is 1. The van der Waals surface area contributed by atoms with E-state index in [1.165, 1.54) is 24.1 Å². The van der Waals surface area contributed by atoms with Crippen molar-refractivity contribution in [2.45, 2.75) is 6.54 Å². The average Bonchev–Trinajstić information content (AvgIpc) is 2.52. The zero-order valence-electron chi connectivity index (χ0n) is 11.7. The number of aromatic nitrogens is 2. The summed E-state index contributed by atoms with van der Waals surface area (Å²) >= 11 is 0. The summed E-state index contributed by atoms with van der Waals surface area (Å²) < 4.78 is 33.6. The van der Waals surface area contributed by atoms with Crippen molar-refractivity contribution in [3.05, 3.63) is 70.3 Å². The van der Waals surface area contributed by atoms with Crippen LogP contribution in [0, 0.1) is 11.6 Å². The molecule has 4 nitrogen and oxygen atoms in total. The molecule has 0 bridgehead atoms. The first-order valence-electron chi connectivity index (χ1n) is 6.56. The lowest BCUT2D eigenvalue weighted by Crippen LogP contribution is -2.22. The normalized spacial score (nSPS) is 10.9. The Balaban J connectivity index is 2.09. The number of nitrogens with zero attached hydrogens (tertiary/aromatic N) is 2. The Bertz CT molecular complexity index is 886. The molecule has 1 heterocycles. The minimum Gasteiger partial charge on any atom is -0.497 e. The minimum atomic E-state index is -0.693. The molecule has 6 heteroatoms. The summed E-state index contributed by atoms with van der Waals surface area (Å²) in [5.74, 6) is -0.805. The Kier molecular flexibility index (Phi) is 3.58. The molecule has 0 unspecified atom stereocenters. The maximum atomic E-state index is 13.7. The van der Waals surface area contributed by atoms with Crippen LogP contribution in [-0.2, 0) is 6.54 Å². The first-order valence-corrected chi connectivity index (χ1v) is 6.56. The molecule has 0 atom stereocenters. The molecule has 0 aliphatic rings. The van der Waals surface area contributed by atoms with Gasteiger partial charge in [-0.05, 0) is 24.3 Å². The second-order valence-electron chi connectivity index (χ2n) is 4.76. The first kappa shape index (κ1) is 14.2. The van der Waals surface area contributed by atoms with Crippen molar-refractivity contribution in [2.24, 2.45) is 0 Å². The van der Waals surface area contributed by atoms with Crippen molar-refractivity contribution < 1.29 is 13.5 Å². The van der Waals surface area contributed by atoms with Gasteiger partial charge in [-0.15, -0.1) is 0 Å². The van der Waals surface area contributed by atoms with E-state index in [2.05, 4.69) is 4.98 Å². The zero-order chi connectivity index (χ0) is 15.7. The molecular formula is C16H12F2N2O2. The second-order valence-corrected chi connectivity index (χ2v) is 4.76. The zero-order valence-corrected chi connectivity index (χ0v) is 11.7. The summed E-state index contributed by atoms with van der Waals surface area (Å²) in [4.78, 5) is 16.5. The second kappa shape index (κ2) is 5.55. The van der Waals surface area contributed by atoms with E-state index < -0.39 is 11.6 Å². The third-order valence-electron chi connectivity index (χ3n) is 3.42. The van der Waals surface area contributed by atoms with E-state index in [0.717, 1.165) is 12.1 Å². The fourth-order valence-corrected chi connectivity index (χ4v) is 2.23. The van der Waals surface area contributed by atoms with Crippen LogP contribution in [0.25, 0.3) is 10.9 Å². The molecule has 1 aromatic heterocycles. The number of halogens is 2. The Morgan fingerprint density at radius 3 is 2.59 bits per heavy atom. The van der Waals surface area contributed by atoms with E-state index in [1.807, 2.05) is 0 Å². The van der Waals surface area contributed by atoms with Crippen LogP contribution in [0.15, 0.2) is 47.5 Å². The van der Waals surface area contributed by atoms with Gasteiger partial charge in [0.2, 0.25) is 0 Å². The number of fused-ring (bicyclic) bond motifs is 1. The highest BCUT2D eigenvalue weighted by molar-refractivity contribution is 5.78. The summed E-state index contributed by atoms with van der Waals surface area (Å²) in [6, 6.07) is 8.44. The van der Waals surface area contributed by atoms with Crippen LogP contribution in [0.3, 0.4) is 0 Å². The summed E-state index contributed by atoms with van der Waals surface area (Å²) in [7, 11) is 1.52. The molecule has 0 aliphatic heterocycles. The fraction of sp³-hybridized carbons (Fsp3) is 0.125. The number of rotatable bonds is 3. The molecule has 3 rings (SSSR count). The van der Waals surface area contributed by atoms with Crippen LogP contribution >= 0.6 is 0 Å². The smallest absolute Gasteiger partial charge is 0.261 e. The van der Waals surface area contributed by atoms with E-state index in [9.17, 15) is 13.6 Å². The van der Waals surface area contributed by atoms with E-state index in [-0.39, 0.29) is 17.7 Å². The van der Waals surface area contributed by atoms with Crippen LogP contribution in [-0.4, -0.2) is 16.7 Å². The molecule has 22 heavy (non-hydrogen) atoms. The van der Waals surface area contributed by atoms with Crippen molar-refractivity contribution >= 4 is 10.9 Å². The molecule has 0 aliphatic carbocycles. The van der Waals surface area contributed by atoms with Gasteiger partial charge in [0.05, 0.1) is 30.9 Å². The van der Waals surface area contributed by atoms with E-state index in [4.69, 9.17) is 4.74 Å². The molecule has 3 aromatic rings. The topological polar surface area (TPSA) is 44.1 Å². The van der Waals surface area contributed by atoms with Crippen molar-refractivity contribution in [3.63, 3.8) is 0 Å². The number of ether oxygens (including phenoxy) is 1. The van der Waals surface area contributed by atoms with Gasteiger partial charge in [-0.1, -0.05) is 6.07 Å². The van der Waals surface area contributed by atoms with Crippen LogP contribution in [0.4, 0.5) is 8.78 Å². The van der Waals surface area contributed by atoms with Crippen molar-refractivity contribution in [1.29, 1.82) is 0 Å². The third-order valence-corrected chi connectivity index (χ3v) is 3.42. The lowest BCUT2D eigenvalue weighted by atomic mass is 10.2. The standard InChI is InChI=1S/C16H12F2N2O2/c1-22-10-5-6-11-15(7-10)19-9-20(16(11)21)8-12-13(17)3-2-4-14(12)18/h2-7,9H,8H2,1H3. The number of hydrogen-bond donors (Lipinski definition) is 0. The van der Waals surface area contributed by atoms with Gasteiger partial charge in [0.15, 0.2) is 0 Å². The highest BCUT2D eigenvalue weighted by Gasteiger charge is 2.11. The predicted octanol–water partition coefficient (Wildman–Crippen LogP) is 2.73. The number of hydrogen-bond acceptors (Lipinski definition) is 3. The SMILES string of the molecule is COc1ccc2c(=O)n(Cc3c(F)cccc3F)cnc2c1. The van der Waals surface area contributed by atoms with E-state index >= 15 is 0 Å². The monoisotopic (exact) mass is 302 g/mol. The summed E-state index contributed by atoms with van der Waals surface area (Å²) in [6.07, 6.45) is 1.27.